The number of esters is 1. The van der Waals surface area contributed by atoms with Crippen LogP contribution in [0.25, 0.3) is 0 Å². The van der Waals surface area contributed by atoms with Crippen molar-refractivity contribution in [2.45, 2.75) is 132 Å². The van der Waals surface area contributed by atoms with Gasteiger partial charge < -0.3 is 14.5 Å². The summed E-state index contributed by atoms with van der Waals surface area (Å²) in [6.45, 7) is 20.3. The number of carbonyl (C=O) groups is 2. The number of halogens is 3. The first-order chi connectivity index (χ1) is 23.7. The third-order valence-corrected chi connectivity index (χ3v) is 16.7. The molecule has 5 fully saturated rings. The Morgan fingerprint density at radius 3 is 2.16 bits per heavy atom. The molecule has 0 spiro atoms. The van der Waals surface area contributed by atoms with Gasteiger partial charge in [0.2, 0.25) is 5.91 Å². The van der Waals surface area contributed by atoms with Crippen LogP contribution in [-0.4, -0.2) is 49.1 Å². The Balaban J connectivity index is 1.12. The Kier molecular flexibility index (Phi) is 8.67. The van der Waals surface area contributed by atoms with Crippen LogP contribution >= 0.6 is 0 Å². The standard InChI is InChI=1S/C43H61F3N2O3/c1-28(49)51-35-16-17-40(6)33(37(35,2)3)15-18-42(8)34(40)14-13-29-31-27-39(5,20-19-38(31,4)21-22-41(29,42)7)36(50)48-25-23-47(24-26-48)32-12-10-9-11-30(32)43(44,45)46/h9-13,31,33-35H,14-27H2,1-8H3/t31-,33-,34+,35-,38+,39-,40-,41+,42+/m0/s1. The maximum atomic E-state index is 14.5. The highest BCUT2D eigenvalue weighted by atomic mass is 19.4. The summed E-state index contributed by atoms with van der Waals surface area (Å²) in [6, 6.07) is 5.79. The number of benzene rings is 1. The minimum Gasteiger partial charge on any atom is -0.462 e. The number of allylic oxidation sites excluding steroid dienone is 2. The topological polar surface area (TPSA) is 49.9 Å². The van der Waals surface area contributed by atoms with E-state index in [9.17, 15) is 22.8 Å². The molecule has 1 aliphatic heterocycles. The van der Waals surface area contributed by atoms with Crippen LogP contribution in [0.2, 0.25) is 0 Å². The van der Waals surface area contributed by atoms with Crippen LogP contribution in [0.1, 0.15) is 125 Å². The third kappa shape index (κ3) is 5.51. The smallest absolute Gasteiger partial charge is 0.418 e. The predicted molar refractivity (Wildman–Crippen MR) is 195 cm³/mol. The molecule has 0 aromatic heterocycles. The molecule has 51 heavy (non-hydrogen) atoms. The Labute approximate surface area is 304 Å². The first-order valence-electron chi connectivity index (χ1n) is 19.8. The van der Waals surface area contributed by atoms with Gasteiger partial charge in [-0.15, -0.1) is 0 Å². The summed E-state index contributed by atoms with van der Waals surface area (Å²) in [4.78, 5) is 30.3. The highest BCUT2D eigenvalue weighted by Gasteiger charge is 2.68. The molecule has 5 aliphatic carbocycles. The molecule has 7 rings (SSSR count). The lowest BCUT2D eigenvalue weighted by atomic mass is 9.33. The third-order valence-electron chi connectivity index (χ3n) is 16.7. The van der Waals surface area contributed by atoms with Gasteiger partial charge in [-0.1, -0.05) is 72.2 Å². The first-order valence-corrected chi connectivity index (χ1v) is 19.8. The highest BCUT2D eigenvalue weighted by molar-refractivity contribution is 5.83. The number of carbonyl (C=O) groups excluding carboxylic acids is 2. The van der Waals surface area contributed by atoms with Crippen LogP contribution in [-0.2, 0) is 20.5 Å². The molecule has 1 amide bonds. The van der Waals surface area contributed by atoms with Gasteiger partial charge in [-0.3, -0.25) is 9.59 Å². The molecule has 1 aromatic rings. The van der Waals surface area contributed by atoms with Crippen molar-refractivity contribution in [3.63, 3.8) is 0 Å². The summed E-state index contributed by atoms with van der Waals surface area (Å²) in [5.41, 5.74) is 1.18. The molecule has 9 atom stereocenters. The maximum absolute atomic E-state index is 14.5. The lowest BCUT2D eigenvalue weighted by Crippen LogP contribution is -2.65. The zero-order chi connectivity index (χ0) is 37.0. The van der Waals surface area contributed by atoms with Crippen molar-refractivity contribution in [2.24, 2.45) is 50.2 Å². The Morgan fingerprint density at radius 1 is 0.824 bits per heavy atom. The van der Waals surface area contributed by atoms with Gasteiger partial charge in [-0.2, -0.15) is 13.2 Å². The predicted octanol–water partition coefficient (Wildman–Crippen LogP) is 10.1. The van der Waals surface area contributed by atoms with Gasteiger partial charge in [0, 0.05) is 49.6 Å². The molecule has 5 nitrogen and oxygen atoms in total. The van der Waals surface area contributed by atoms with Crippen molar-refractivity contribution >= 4 is 17.6 Å². The molecule has 1 aromatic carbocycles. The van der Waals surface area contributed by atoms with E-state index in [-0.39, 0.29) is 50.7 Å². The second kappa shape index (κ2) is 12.0. The van der Waals surface area contributed by atoms with Crippen LogP contribution in [0.4, 0.5) is 18.9 Å². The van der Waals surface area contributed by atoms with Crippen molar-refractivity contribution in [2.75, 3.05) is 31.1 Å². The van der Waals surface area contributed by atoms with Crippen molar-refractivity contribution in [3.8, 4) is 0 Å². The van der Waals surface area contributed by atoms with Crippen molar-refractivity contribution in [1.29, 1.82) is 0 Å². The summed E-state index contributed by atoms with van der Waals surface area (Å²) in [6.07, 6.45) is 8.68. The number of ether oxygens (including phenoxy) is 1. The molecule has 0 bridgehead atoms. The van der Waals surface area contributed by atoms with Crippen LogP contribution in [0.5, 0.6) is 0 Å². The average molecular weight is 711 g/mol. The van der Waals surface area contributed by atoms with Gasteiger partial charge >= 0.3 is 12.1 Å². The van der Waals surface area contributed by atoms with Crippen molar-refractivity contribution in [1.82, 2.24) is 4.90 Å². The Hall–Kier alpha value is -2.51. The molecule has 1 saturated heterocycles. The lowest BCUT2D eigenvalue weighted by Gasteiger charge is -2.71. The van der Waals surface area contributed by atoms with E-state index in [2.05, 4.69) is 54.5 Å². The number of nitrogens with zero attached hydrogens (tertiary/aromatic N) is 2. The van der Waals surface area contributed by atoms with E-state index in [0.717, 1.165) is 51.0 Å². The van der Waals surface area contributed by atoms with Crippen LogP contribution < -0.4 is 4.90 Å². The van der Waals surface area contributed by atoms with E-state index < -0.39 is 17.2 Å². The molecule has 8 heteroatoms. The monoisotopic (exact) mass is 710 g/mol. The second-order valence-electron chi connectivity index (χ2n) is 19.5. The summed E-state index contributed by atoms with van der Waals surface area (Å²) >= 11 is 0. The lowest BCUT2D eigenvalue weighted by molar-refractivity contribution is -0.212. The zero-order valence-corrected chi connectivity index (χ0v) is 32.3. The van der Waals surface area contributed by atoms with Crippen LogP contribution in [0.3, 0.4) is 0 Å². The average Bonchev–Trinajstić information content (AvgIpc) is 3.06. The van der Waals surface area contributed by atoms with E-state index in [1.54, 1.807) is 29.5 Å². The van der Waals surface area contributed by atoms with Gasteiger partial charge in [-0.25, -0.2) is 0 Å². The quantitative estimate of drug-likeness (QED) is 0.232. The van der Waals surface area contributed by atoms with E-state index in [1.165, 1.54) is 25.3 Å². The molecule has 0 N–H and O–H groups in total. The largest absolute Gasteiger partial charge is 0.462 e. The number of para-hydroxylation sites is 1. The molecule has 4 saturated carbocycles. The molecular formula is C43H61F3N2O3. The summed E-state index contributed by atoms with van der Waals surface area (Å²) in [7, 11) is 0. The number of rotatable bonds is 3. The van der Waals surface area contributed by atoms with Gasteiger partial charge in [0.25, 0.3) is 0 Å². The van der Waals surface area contributed by atoms with Gasteiger partial charge in [0.1, 0.15) is 6.10 Å². The SMILES string of the molecule is CC(=O)O[C@H]1CC[C@]2(C)[C@H]3CC=C4[C@@H]5C[C@@](C)(C(=O)N6CCN(c7ccccc7C(F)(F)F)CC6)CC[C@]5(C)CC[C@@]4(C)[C@]3(C)CC[C@H]2C1(C)C. The number of anilines is 1. The number of hydrogen-bond acceptors (Lipinski definition) is 4. The van der Waals surface area contributed by atoms with Crippen LogP contribution in [0, 0.1) is 50.2 Å². The Morgan fingerprint density at radius 2 is 1.49 bits per heavy atom. The number of hydrogen-bond donors (Lipinski definition) is 0. The van der Waals surface area contributed by atoms with Gasteiger partial charge in [0.15, 0.2) is 0 Å². The second-order valence-corrected chi connectivity index (χ2v) is 19.5. The highest BCUT2D eigenvalue weighted by Crippen LogP contribution is 2.76. The molecule has 6 aliphatic rings. The van der Waals surface area contributed by atoms with Gasteiger partial charge in [0.05, 0.1) is 5.56 Å². The fraction of sp³-hybridized carbons (Fsp3) is 0.767. The van der Waals surface area contributed by atoms with Crippen LogP contribution in [0.15, 0.2) is 35.9 Å². The van der Waals surface area contributed by atoms with Crippen molar-refractivity contribution in [3.05, 3.63) is 41.5 Å². The maximum Gasteiger partial charge on any atom is 0.418 e. The number of alkyl halides is 3. The molecule has 282 valence electrons. The number of piperazine rings is 1. The minimum atomic E-state index is -4.41. The summed E-state index contributed by atoms with van der Waals surface area (Å²) in [5, 5.41) is 0. The minimum absolute atomic E-state index is 0.0331. The zero-order valence-electron chi connectivity index (χ0n) is 32.3. The van der Waals surface area contributed by atoms with E-state index in [0.29, 0.717) is 43.9 Å². The molecule has 1 heterocycles. The van der Waals surface area contributed by atoms with E-state index >= 15 is 0 Å². The molecule has 0 radical (unpaired) electrons. The van der Waals surface area contributed by atoms with Gasteiger partial charge in [-0.05, 0) is 116 Å². The Bertz CT molecular complexity index is 1600. The molecular weight excluding hydrogens is 649 g/mol. The van der Waals surface area contributed by atoms with E-state index in [4.69, 9.17) is 4.74 Å². The number of fused-ring (bicyclic) bond motifs is 7. The first kappa shape index (κ1) is 36.8. The fourth-order valence-corrected chi connectivity index (χ4v) is 13.5. The van der Waals surface area contributed by atoms with E-state index in [1.807, 2.05) is 4.90 Å². The molecule has 0 unspecified atom stereocenters. The summed E-state index contributed by atoms with van der Waals surface area (Å²) in [5.74, 6) is 1.40. The number of amides is 1. The van der Waals surface area contributed by atoms with Crippen molar-refractivity contribution < 1.29 is 27.5 Å². The fourth-order valence-electron chi connectivity index (χ4n) is 13.5. The normalized spacial score (nSPS) is 42.1. The summed E-state index contributed by atoms with van der Waals surface area (Å²) < 4.78 is 47.3.